The minimum atomic E-state index is 0.132. The van der Waals surface area contributed by atoms with Gasteiger partial charge < -0.3 is 10.6 Å². The van der Waals surface area contributed by atoms with Crippen molar-refractivity contribution < 1.29 is 4.79 Å². The first-order chi connectivity index (χ1) is 7.70. The van der Waals surface area contributed by atoms with Gasteiger partial charge in [-0.05, 0) is 65.7 Å². The molecule has 86 valence electrons. The Kier molecular flexibility index (Phi) is 3.81. The van der Waals surface area contributed by atoms with E-state index in [2.05, 4.69) is 22.6 Å². The molecule has 0 aliphatic carbocycles. The van der Waals surface area contributed by atoms with E-state index in [1.807, 2.05) is 29.2 Å². The molecule has 2 rings (SSSR count). The van der Waals surface area contributed by atoms with Crippen LogP contribution in [0.1, 0.15) is 16.8 Å². The Morgan fingerprint density at radius 1 is 1.44 bits per heavy atom. The van der Waals surface area contributed by atoms with Crippen molar-refractivity contribution in [3.63, 3.8) is 0 Å². The molecule has 1 unspecified atom stereocenters. The van der Waals surface area contributed by atoms with E-state index in [-0.39, 0.29) is 5.91 Å². The lowest BCUT2D eigenvalue weighted by atomic mass is 10.1. The van der Waals surface area contributed by atoms with Crippen LogP contribution in [0.25, 0.3) is 0 Å². The summed E-state index contributed by atoms with van der Waals surface area (Å²) in [4.78, 5) is 14.0. The number of benzene rings is 1. The van der Waals surface area contributed by atoms with Gasteiger partial charge >= 0.3 is 0 Å². The third-order valence-electron chi connectivity index (χ3n) is 3.00. The SMILES string of the molecule is NCC1CCN(C(=O)c2ccc(I)cc2)C1. The molecule has 1 amide bonds. The highest BCUT2D eigenvalue weighted by Gasteiger charge is 2.25. The van der Waals surface area contributed by atoms with Gasteiger partial charge in [0.25, 0.3) is 5.91 Å². The van der Waals surface area contributed by atoms with Gasteiger partial charge in [-0.15, -0.1) is 0 Å². The van der Waals surface area contributed by atoms with E-state index in [9.17, 15) is 4.79 Å². The Hall–Kier alpha value is -0.620. The number of amides is 1. The van der Waals surface area contributed by atoms with Crippen LogP contribution in [-0.2, 0) is 0 Å². The Labute approximate surface area is 109 Å². The van der Waals surface area contributed by atoms with Crippen molar-refractivity contribution >= 4 is 28.5 Å². The summed E-state index contributed by atoms with van der Waals surface area (Å²) in [6.45, 7) is 2.32. The Morgan fingerprint density at radius 2 is 2.12 bits per heavy atom. The first-order valence-corrected chi connectivity index (χ1v) is 6.53. The van der Waals surface area contributed by atoms with Crippen LogP contribution in [-0.4, -0.2) is 30.4 Å². The predicted octanol–water partition coefficient (Wildman–Crippen LogP) is 1.71. The maximum atomic E-state index is 12.1. The summed E-state index contributed by atoms with van der Waals surface area (Å²) in [5.41, 5.74) is 6.39. The average Bonchev–Trinajstić information content (AvgIpc) is 2.77. The molecular weight excluding hydrogens is 315 g/mol. The lowest BCUT2D eigenvalue weighted by molar-refractivity contribution is 0.0787. The van der Waals surface area contributed by atoms with E-state index in [1.54, 1.807) is 0 Å². The number of halogens is 1. The minimum absolute atomic E-state index is 0.132. The molecule has 1 aromatic rings. The summed E-state index contributed by atoms with van der Waals surface area (Å²) in [5.74, 6) is 0.611. The zero-order chi connectivity index (χ0) is 11.5. The van der Waals surface area contributed by atoms with Gasteiger partial charge in [-0.3, -0.25) is 4.79 Å². The van der Waals surface area contributed by atoms with Crippen LogP contribution in [0.2, 0.25) is 0 Å². The molecule has 1 saturated heterocycles. The molecule has 1 heterocycles. The summed E-state index contributed by atoms with van der Waals surface area (Å²) in [6.07, 6.45) is 1.03. The van der Waals surface area contributed by atoms with Gasteiger partial charge in [-0.25, -0.2) is 0 Å². The third kappa shape index (κ3) is 2.55. The molecule has 0 spiro atoms. The Morgan fingerprint density at radius 3 is 2.69 bits per heavy atom. The molecule has 0 saturated carbocycles. The van der Waals surface area contributed by atoms with Crippen molar-refractivity contribution in [1.29, 1.82) is 0 Å². The number of nitrogens with zero attached hydrogens (tertiary/aromatic N) is 1. The normalized spacial score (nSPS) is 20.1. The number of rotatable bonds is 2. The zero-order valence-corrected chi connectivity index (χ0v) is 11.2. The van der Waals surface area contributed by atoms with E-state index < -0.39 is 0 Å². The molecule has 2 N–H and O–H groups in total. The molecule has 1 aromatic carbocycles. The quantitative estimate of drug-likeness (QED) is 0.840. The smallest absolute Gasteiger partial charge is 0.253 e. The summed E-state index contributed by atoms with van der Waals surface area (Å²) < 4.78 is 1.15. The van der Waals surface area contributed by atoms with Crippen LogP contribution in [0, 0.1) is 9.49 Å². The molecule has 3 nitrogen and oxygen atoms in total. The molecule has 0 bridgehead atoms. The molecule has 0 aromatic heterocycles. The zero-order valence-electron chi connectivity index (χ0n) is 9.03. The number of hydrogen-bond acceptors (Lipinski definition) is 2. The van der Waals surface area contributed by atoms with E-state index >= 15 is 0 Å². The largest absolute Gasteiger partial charge is 0.338 e. The monoisotopic (exact) mass is 330 g/mol. The second-order valence-corrected chi connectivity index (χ2v) is 5.39. The predicted molar refractivity (Wildman–Crippen MR) is 72.2 cm³/mol. The molecule has 16 heavy (non-hydrogen) atoms. The maximum absolute atomic E-state index is 12.1. The van der Waals surface area contributed by atoms with Crippen molar-refractivity contribution in [3.8, 4) is 0 Å². The van der Waals surface area contributed by atoms with Gasteiger partial charge in [0.05, 0.1) is 0 Å². The molecule has 1 fully saturated rings. The number of nitrogens with two attached hydrogens (primary N) is 1. The molecule has 0 radical (unpaired) electrons. The third-order valence-corrected chi connectivity index (χ3v) is 3.72. The summed E-state index contributed by atoms with van der Waals surface area (Å²) in [5, 5.41) is 0. The average molecular weight is 330 g/mol. The standard InChI is InChI=1S/C12H15IN2O/c13-11-3-1-10(2-4-11)12(16)15-6-5-9(7-14)8-15/h1-4,9H,5-8,14H2. The number of carbonyl (C=O) groups excluding carboxylic acids is 1. The number of likely N-dealkylation sites (tertiary alicyclic amines) is 1. The fourth-order valence-corrected chi connectivity index (χ4v) is 2.34. The van der Waals surface area contributed by atoms with Crippen LogP contribution in [0.15, 0.2) is 24.3 Å². The van der Waals surface area contributed by atoms with Gasteiger partial charge in [-0.2, -0.15) is 0 Å². The van der Waals surface area contributed by atoms with Gasteiger partial charge in [-0.1, -0.05) is 0 Å². The topological polar surface area (TPSA) is 46.3 Å². The van der Waals surface area contributed by atoms with E-state index in [0.717, 1.165) is 28.6 Å². The first-order valence-electron chi connectivity index (χ1n) is 5.45. The van der Waals surface area contributed by atoms with Crippen LogP contribution in [0.4, 0.5) is 0 Å². The van der Waals surface area contributed by atoms with Crippen molar-refractivity contribution in [1.82, 2.24) is 4.90 Å². The second kappa shape index (κ2) is 5.14. The van der Waals surface area contributed by atoms with Crippen molar-refractivity contribution in [2.75, 3.05) is 19.6 Å². The van der Waals surface area contributed by atoms with Crippen molar-refractivity contribution in [2.24, 2.45) is 11.7 Å². The number of hydrogen-bond donors (Lipinski definition) is 1. The number of carbonyl (C=O) groups is 1. The Bertz CT molecular complexity index is 377. The van der Waals surface area contributed by atoms with Gasteiger partial charge in [0.15, 0.2) is 0 Å². The van der Waals surface area contributed by atoms with Gasteiger partial charge in [0.2, 0.25) is 0 Å². The lowest BCUT2D eigenvalue weighted by Crippen LogP contribution is -2.29. The van der Waals surface area contributed by atoms with Crippen molar-refractivity contribution in [3.05, 3.63) is 33.4 Å². The lowest BCUT2D eigenvalue weighted by Gasteiger charge is -2.16. The van der Waals surface area contributed by atoms with Gasteiger partial charge in [0.1, 0.15) is 0 Å². The van der Waals surface area contributed by atoms with E-state index in [4.69, 9.17) is 5.73 Å². The summed E-state index contributed by atoms with van der Waals surface area (Å²) in [6, 6.07) is 7.70. The van der Waals surface area contributed by atoms with E-state index in [0.29, 0.717) is 12.5 Å². The summed E-state index contributed by atoms with van der Waals surface area (Å²) >= 11 is 2.24. The van der Waals surface area contributed by atoms with Crippen LogP contribution >= 0.6 is 22.6 Å². The van der Waals surface area contributed by atoms with Crippen LogP contribution in [0.5, 0.6) is 0 Å². The first kappa shape index (κ1) is 11.9. The fourth-order valence-electron chi connectivity index (χ4n) is 1.98. The fraction of sp³-hybridized carbons (Fsp3) is 0.417. The highest BCUT2D eigenvalue weighted by atomic mass is 127. The highest BCUT2D eigenvalue weighted by molar-refractivity contribution is 14.1. The molecule has 1 aliphatic rings. The minimum Gasteiger partial charge on any atom is -0.338 e. The Balaban J connectivity index is 2.05. The second-order valence-electron chi connectivity index (χ2n) is 4.15. The maximum Gasteiger partial charge on any atom is 0.253 e. The highest BCUT2D eigenvalue weighted by Crippen LogP contribution is 2.18. The molecule has 1 atom stereocenters. The molecule has 1 aliphatic heterocycles. The molecule has 4 heteroatoms. The molecular formula is C12H15IN2O. The van der Waals surface area contributed by atoms with Crippen molar-refractivity contribution in [2.45, 2.75) is 6.42 Å². The summed E-state index contributed by atoms with van der Waals surface area (Å²) in [7, 11) is 0. The van der Waals surface area contributed by atoms with E-state index in [1.165, 1.54) is 0 Å². The van der Waals surface area contributed by atoms with Gasteiger partial charge in [0, 0.05) is 22.2 Å². The van der Waals surface area contributed by atoms with Crippen LogP contribution < -0.4 is 5.73 Å². The van der Waals surface area contributed by atoms with Crippen LogP contribution in [0.3, 0.4) is 0 Å².